The Kier molecular flexibility index (Phi) is 2.04. The van der Waals surface area contributed by atoms with Gasteiger partial charge in [-0.05, 0) is 19.1 Å². The quantitative estimate of drug-likeness (QED) is 0.682. The molecule has 1 N–H and O–H groups in total. The second-order valence-electron chi connectivity index (χ2n) is 3.73. The van der Waals surface area contributed by atoms with Crippen molar-refractivity contribution in [3.63, 3.8) is 0 Å². The summed E-state index contributed by atoms with van der Waals surface area (Å²) in [6.07, 6.45) is 1.37. The van der Waals surface area contributed by atoms with E-state index in [0.717, 1.165) is 11.5 Å². The van der Waals surface area contributed by atoms with Gasteiger partial charge in [-0.2, -0.15) is 0 Å². The van der Waals surface area contributed by atoms with Crippen LogP contribution in [0.1, 0.15) is 5.82 Å². The molecule has 3 aromatic rings. The van der Waals surface area contributed by atoms with Crippen LogP contribution in [0.5, 0.6) is 0 Å². The third-order valence-electron chi connectivity index (χ3n) is 2.64. The van der Waals surface area contributed by atoms with Crippen molar-refractivity contribution in [1.82, 2.24) is 19.5 Å². The van der Waals surface area contributed by atoms with Crippen molar-refractivity contribution < 1.29 is 0 Å². The van der Waals surface area contributed by atoms with E-state index in [4.69, 9.17) is 0 Å². The molecule has 1 aromatic carbocycles. The molecule has 0 aliphatic rings. The number of imidazole rings is 1. The molecule has 0 unspecified atom stereocenters. The standard InChI is InChI=1S/C12H10N4O/c1-8-15-11-10(12(17)14-7-13-11)16(8)9-5-3-2-4-6-9/h2-7H,1H3,(H,13,14,17). The monoisotopic (exact) mass is 226 g/mol. The molecule has 0 aliphatic carbocycles. The zero-order valence-corrected chi connectivity index (χ0v) is 9.21. The van der Waals surface area contributed by atoms with Gasteiger partial charge in [0.2, 0.25) is 0 Å². The van der Waals surface area contributed by atoms with Crippen molar-refractivity contribution in [3.8, 4) is 5.69 Å². The summed E-state index contributed by atoms with van der Waals surface area (Å²) in [5.74, 6) is 0.746. The largest absolute Gasteiger partial charge is 0.311 e. The van der Waals surface area contributed by atoms with Gasteiger partial charge in [-0.1, -0.05) is 18.2 Å². The van der Waals surface area contributed by atoms with Gasteiger partial charge in [0, 0.05) is 5.69 Å². The Labute approximate surface area is 96.8 Å². The highest BCUT2D eigenvalue weighted by Gasteiger charge is 2.12. The predicted molar refractivity (Wildman–Crippen MR) is 64.2 cm³/mol. The zero-order valence-electron chi connectivity index (χ0n) is 9.21. The highest BCUT2D eigenvalue weighted by Crippen LogP contribution is 2.16. The van der Waals surface area contributed by atoms with Crippen LogP contribution in [0.2, 0.25) is 0 Å². The van der Waals surface area contributed by atoms with Gasteiger partial charge < -0.3 is 4.98 Å². The van der Waals surface area contributed by atoms with Gasteiger partial charge in [0.25, 0.3) is 5.56 Å². The normalized spacial score (nSPS) is 10.9. The van der Waals surface area contributed by atoms with E-state index >= 15 is 0 Å². The number of aromatic amines is 1. The lowest BCUT2D eigenvalue weighted by Crippen LogP contribution is -2.10. The molecule has 5 heteroatoms. The maximum Gasteiger partial charge on any atom is 0.277 e. The average Bonchev–Trinajstić information content (AvgIpc) is 2.68. The SMILES string of the molecule is Cc1nc2nc[nH]c(=O)c2n1-c1ccccc1. The van der Waals surface area contributed by atoms with Crippen LogP contribution < -0.4 is 5.56 Å². The summed E-state index contributed by atoms with van der Waals surface area (Å²) in [7, 11) is 0. The molecule has 0 saturated carbocycles. The molecule has 5 nitrogen and oxygen atoms in total. The number of hydrogen-bond donors (Lipinski definition) is 1. The Morgan fingerprint density at radius 1 is 1.24 bits per heavy atom. The topological polar surface area (TPSA) is 63.6 Å². The van der Waals surface area contributed by atoms with Gasteiger partial charge in [-0.15, -0.1) is 0 Å². The Balaban J connectivity index is 2.44. The Morgan fingerprint density at radius 3 is 2.76 bits per heavy atom. The molecular formula is C12H10N4O. The van der Waals surface area contributed by atoms with E-state index in [9.17, 15) is 4.79 Å². The molecule has 0 saturated heterocycles. The van der Waals surface area contributed by atoms with E-state index in [1.54, 1.807) is 4.57 Å². The minimum Gasteiger partial charge on any atom is -0.311 e. The third-order valence-corrected chi connectivity index (χ3v) is 2.64. The summed E-state index contributed by atoms with van der Waals surface area (Å²) < 4.78 is 1.81. The summed E-state index contributed by atoms with van der Waals surface area (Å²) in [5, 5.41) is 0. The molecule has 0 spiro atoms. The maximum absolute atomic E-state index is 11.8. The van der Waals surface area contributed by atoms with Gasteiger partial charge in [0.1, 0.15) is 5.82 Å². The first-order valence-electron chi connectivity index (χ1n) is 5.25. The van der Waals surface area contributed by atoms with E-state index in [-0.39, 0.29) is 5.56 Å². The van der Waals surface area contributed by atoms with Crippen LogP contribution in [0.4, 0.5) is 0 Å². The number of rotatable bonds is 1. The van der Waals surface area contributed by atoms with Crippen LogP contribution in [0.15, 0.2) is 41.5 Å². The molecule has 17 heavy (non-hydrogen) atoms. The lowest BCUT2D eigenvalue weighted by atomic mass is 10.3. The lowest BCUT2D eigenvalue weighted by Gasteiger charge is -2.04. The van der Waals surface area contributed by atoms with Crippen LogP contribution in [0.3, 0.4) is 0 Å². The van der Waals surface area contributed by atoms with Gasteiger partial charge >= 0.3 is 0 Å². The second-order valence-corrected chi connectivity index (χ2v) is 3.73. The number of nitrogens with one attached hydrogen (secondary N) is 1. The molecule has 0 aliphatic heterocycles. The van der Waals surface area contributed by atoms with E-state index in [1.807, 2.05) is 37.3 Å². The fourth-order valence-corrected chi connectivity index (χ4v) is 1.92. The molecule has 0 amide bonds. The number of nitrogens with zero attached hydrogens (tertiary/aromatic N) is 3. The minimum atomic E-state index is -0.181. The number of hydrogen-bond acceptors (Lipinski definition) is 3. The molecule has 0 radical (unpaired) electrons. The third kappa shape index (κ3) is 1.44. The molecule has 2 aromatic heterocycles. The van der Waals surface area contributed by atoms with Crippen molar-refractivity contribution in [1.29, 1.82) is 0 Å². The number of para-hydroxylation sites is 1. The molecule has 84 valence electrons. The van der Waals surface area contributed by atoms with E-state index in [0.29, 0.717) is 11.2 Å². The second kappa shape index (κ2) is 3.55. The molecule has 0 atom stereocenters. The molecule has 0 fully saturated rings. The van der Waals surface area contributed by atoms with Crippen LogP contribution in [0, 0.1) is 6.92 Å². The summed E-state index contributed by atoms with van der Waals surface area (Å²) in [4.78, 5) is 22.7. The molecule has 2 heterocycles. The fraction of sp³-hybridized carbons (Fsp3) is 0.0833. The van der Waals surface area contributed by atoms with Crippen LogP contribution >= 0.6 is 0 Å². The summed E-state index contributed by atoms with van der Waals surface area (Å²) in [6.45, 7) is 1.86. The first-order chi connectivity index (χ1) is 8.27. The summed E-state index contributed by atoms with van der Waals surface area (Å²) in [5.41, 5.74) is 1.68. The van der Waals surface area contributed by atoms with E-state index in [2.05, 4.69) is 15.0 Å². The number of aromatic nitrogens is 4. The number of H-pyrrole nitrogens is 1. The maximum atomic E-state index is 11.8. The van der Waals surface area contributed by atoms with Crippen molar-refractivity contribution >= 4 is 11.2 Å². The first-order valence-corrected chi connectivity index (χ1v) is 5.25. The average molecular weight is 226 g/mol. The van der Waals surface area contributed by atoms with Gasteiger partial charge in [-0.3, -0.25) is 9.36 Å². The number of fused-ring (bicyclic) bond motifs is 1. The molecule has 3 rings (SSSR count). The Hall–Kier alpha value is -2.43. The Bertz CT molecular complexity index is 727. The van der Waals surface area contributed by atoms with Gasteiger partial charge in [-0.25, -0.2) is 9.97 Å². The minimum absolute atomic E-state index is 0.181. The van der Waals surface area contributed by atoms with Crippen molar-refractivity contribution in [2.24, 2.45) is 0 Å². The fourth-order valence-electron chi connectivity index (χ4n) is 1.92. The van der Waals surface area contributed by atoms with Crippen molar-refractivity contribution in [2.75, 3.05) is 0 Å². The number of benzene rings is 1. The molecule has 0 bridgehead atoms. The summed E-state index contributed by atoms with van der Waals surface area (Å²) >= 11 is 0. The van der Waals surface area contributed by atoms with Crippen molar-refractivity contribution in [3.05, 3.63) is 52.8 Å². The smallest absolute Gasteiger partial charge is 0.277 e. The van der Waals surface area contributed by atoms with Crippen molar-refractivity contribution in [2.45, 2.75) is 6.92 Å². The van der Waals surface area contributed by atoms with Crippen LogP contribution in [-0.2, 0) is 0 Å². The molecular weight excluding hydrogens is 216 g/mol. The van der Waals surface area contributed by atoms with Crippen LogP contribution in [0.25, 0.3) is 16.9 Å². The van der Waals surface area contributed by atoms with E-state index in [1.165, 1.54) is 6.33 Å². The predicted octanol–water partition coefficient (Wildman–Crippen LogP) is 1.42. The highest BCUT2D eigenvalue weighted by atomic mass is 16.1. The first kappa shape index (κ1) is 9.77. The Morgan fingerprint density at radius 2 is 2.00 bits per heavy atom. The lowest BCUT2D eigenvalue weighted by molar-refractivity contribution is 0.994. The van der Waals surface area contributed by atoms with Crippen LogP contribution in [-0.4, -0.2) is 19.5 Å². The highest BCUT2D eigenvalue weighted by molar-refractivity contribution is 5.72. The zero-order chi connectivity index (χ0) is 11.8. The van der Waals surface area contributed by atoms with E-state index < -0.39 is 0 Å². The number of aryl methyl sites for hydroxylation is 1. The summed E-state index contributed by atoms with van der Waals surface area (Å²) in [6, 6.07) is 9.64. The van der Waals surface area contributed by atoms with Gasteiger partial charge in [0.05, 0.1) is 6.33 Å². The van der Waals surface area contributed by atoms with Gasteiger partial charge in [0.15, 0.2) is 11.2 Å².